The van der Waals surface area contributed by atoms with E-state index in [1.165, 1.54) is 12.1 Å². The number of anilines is 2. The molecule has 2 aliphatic heterocycles. The predicted octanol–water partition coefficient (Wildman–Crippen LogP) is -0.273. The molecule has 1 atom stereocenters. The number of hydrogen-bond donors (Lipinski definition) is 2. The van der Waals surface area contributed by atoms with E-state index in [0.717, 1.165) is 12.1 Å². The van der Waals surface area contributed by atoms with Crippen LogP contribution in [0, 0.1) is 0 Å². The number of nitrogen functional groups attached to an aromatic ring is 1. The van der Waals surface area contributed by atoms with Gasteiger partial charge in [0.1, 0.15) is 0 Å². The SMILES string of the molecule is Nc1cc(N2CCN3C(=O)CCC3C2)cc(S(N)(=O)=O)c1. The van der Waals surface area contributed by atoms with Crippen LogP contribution in [-0.4, -0.2) is 44.9 Å². The number of piperazine rings is 1. The molecule has 0 bridgehead atoms. The fourth-order valence-corrected chi connectivity index (χ4v) is 3.64. The number of amides is 1. The highest BCUT2D eigenvalue weighted by Crippen LogP contribution is 2.29. The summed E-state index contributed by atoms with van der Waals surface area (Å²) in [5.74, 6) is 0.206. The van der Waals surface area contributed by atoms with Crippen molar-refractivity contribution < 1.29 is 13.2 Å². The van der Waals surface area contributed by atoms with Crippen molar-refractivity contribution in [3.05, 3.63) is 18.2 Å². The van der Waals surface area contributed by atoms with Crippen LogP contribution in [0.1, 0.15) is 12.8 Å². The fourth-order valence-electron chi connectivity index (χ4n) is 3.05. The van der Waals surface area contributed by atoms with E-state index in [9.17, 15) is 13.2 Å². The quantitative estimate of drug-likeness (QED) is 0.731. The van der Waals surface area contributed by atoms with Crippen molar-refractivity contribution >= 4 is 27.3 Å². The van der Waals surface area contributed by atoms with Crippen LogP contribution < -0.4 is 15.8 Å². The zero-order valence-corrected chi connectivity index (χ0v) is 12.3. The highest BCUT2D eigenvalue weighted by molar-refractivity contribution is 7.89. The Kier molecular flexibility index (Phi) is 3.29. The highest BCUT2D eigenvalue weighted by atomic mass is 32.2. The predicted molar refractivity (Wildman–Crippen MR) is 79.2 cm³/mol. The minimum atomic E-state index is -3.78. The second kappa shape index (κ2) is 4.88. The number of primary sulfonamides is 1. The first kappa shape index (κ1) is 14.2. The largest absolute Gasteiger partial charge is 0.399 e. The Balaban J connectivity index is 1.88. The molecule has 1 aromatic carbocycles. The number of hydrogen-bond acceptors (Lipinski definition) is 5. The Morgan fingerprint density at radius 2 is 1.95 bits per heavy atom. The van der Waals surface area contributed by atoms with Crippen LogP contribution in [0.15, 0.2) is 23.1 Å². The number of fused-ring (bicyclic) bond motifs is 1. The first-order valence-corrected chi connectivity index (χ1v) is 8.37. The van der Waals surface area contributed by atoms with Crippen molar-refractivity contribution in [2.75, 3.05) is 30.3 Å². The van der Waals surface area contributed by atoms with E-state index in [2.05, 4.69) is 4.90 Å². The van der Waals surface area contributed by atoms with Gasteiger partial charge in [0.15, 0.2) is 0 Å². The van der Waals surface area contributed by atoms with E-state index in [-0.39, 0.29) is 16.8 Å². The molecule has 1 amide bonds. The summed E-state index contributed by atoms with van der Waals surface area (Å²) in [5.41, 5.74) is 6.88. The van der Waals surface area contributed by atoms with Crippen LogP contribution in [0.5, 0.6) is 0 Å². The summed E-state index contributed by atoms with van der Waals surface area (Å²) in [6, 6.07) is 4.83. The maximum atomic E-state index is 11.7. The molecule has 114 valence electrons. The molecule has 0 aromatic heterocycles. The molecule has 0 saturated carbocycles. The van der Waals surface area contributed by atoms with Crippen LogP contribution in [0.4, 0.5) is 11.4 Å². The molecule has 2 fully saturated rings. The summed E-state index contributed by atoms with van der Waals surface area (Å²) in [6.07, 6.45) is 1.44. The van der Waals surface area contributed by atoms with Crippen molar-refractivity contribution in [1.82, 2.24) is 4.90 Å². The molecule has 2 heterocycles. The Morgan fingerprint density at radius 3 is 2.67 bits per heavy atom. The monoisotopic (exact) mass is 310 g/mol. The summed E-state index contributed by atoms with van der Waals surface area (Å²) in [5, 5.41) is 5.17. The lowest BCUT2D eigenvalue weighted by atomic mass is 10.1. The van der Waals surface area contributed by atoms with Gasteiger partial charge in [0.25, 0.3) is 0 Å². The Labute approximate surface area is 123 Å². The molecule has 21 heavy (non-hydrogen) atoms. The Bertz CT molecular complexity index is 689. The summed E-state index contributed by atoms with van der Waals surface area (Å²) in [6.45, 7) is 2.01. The van der Waals surface area contributed by atoms with Gasteiger partial charge in [-0.25, -0.2) is 13.6 Å². The lowest BCUT2D eigenvalue weighted by Crippen LogP contribution is -2.51. The second-order valence-electron chi connectivity index (χ2n) is 5.53. The number of rotatable bonds is 2. The molecular formula is C13H18N4O3S. The number of nitrogens with two attached hydrogens (primary N) is 2. The molecule has 8 heteroatoms. The summed E-state index contributed by atoms with van der Waals surface area (Å²) in [4.78, 5) is 15.7. The zero-order chi connectivity index (χ0) is 15.2. The van der Waals surface area contributed by atoms with E-state index in [0.29, 0.717) is 31.7 Å². The maximum absolute atomic E-state index is 11.7. The lowest BCUT2D eigenvalue weighted by molar-refractivity contribution is -0.129. The van der Waals surface area contributed by atoms with E-state index in [1.807, 2.05) is 4.90 Å². The molecule has 1 aromatic rings. The van der Waals surface area contributed by atoms with Gasteiger partial charge in [0, 0.05) is 43.5 Å². The molecular weight excluding hydrogens is 292 g/mol. The topological polar surface area (TPSA) is 110 Å². The Hall–Kier alpha value is -1.80. The minimum Gasteiger partial charge on any atom is -0.399 e. The second-order valence-corrected chi connectivity index (χ2v) is 7.09. The third-order valence-electron chi connectivity index (χ3n) is 4.10. The van der Waals surface area contributed by atoms with Crippen molar-refractivity contribution in [3.63, 3.8) is 0 Å². The molecule has 1 unspecified atom stereocenters. The number of sulfonamides is 1. The van der Waals surface area contributed by atoms with E-state index >= 15 is 0 Å². The van der Waals surface area contributed by atoms with Gasteiger partial charge in [-0.1, -0.05) is 0 Å². The number of benzene rings is 1. The van der Waals surface area contributed by atoms with Gasteiger partial charge in [0.05, 0.1) is 4.90 Å². The highest BCUT2D eigenvalue weighted by Gasteiger charge is 2.35. The average Bonchev–Trinajstić information content (AvgIpc) is 2.78. The summed E-state index contributed by atoms with van der Waals surface area (Å²) in [7, 11) is -3.78. The van der Waals surface area contributed by atoms with Crippen molar-refractivity contribution in [2.45, 2.75) is 23.8 Å². The van der Waals surface area contributed by atoms with Crippen molar-refractivity contribution in [1.29, 1.82) is 0 Å². The van der Waals surface area contributed by atoms with Gasteiger partial charge in [-0.3, -0.25) is 4.79 Å². The third kappa shape index (κ3) is 2.68. The molecule has 3 rings (SSSR count). The summed E-state index contributed by atoms with van der Waals surface area (Å²) >= 11 is 0. The van der Waals surface area contributed by atoms with E-state index in [4.69, 9.17) is 10.9 Å². The normalized spacial score (nSPS) is 22.5. The fraction of sp³-hybridized carbons (Fsp3) is 0.462. The maximum Gasteiger partial charge on any atom is 0.238 e. The molecule has 0 radical (unpaired) electrons. The molecule has 4 N–H and O–H groups in total. The zero-order valence-electron chi connectivity index (χ0n) is 11.5. The Morgan fingerprint density at radius 1 is 1.19 bits per heavy atom. The van der Waals surface area contributed by atoms with Gasteiger partial charge in [-0.15, -0.1) is 0 Å². The molecule has 0 spiro atoms. The molecule has 2 aliphatic rings. The van der Waals surface area contributed by atoms with E-state index in [1.54, 1.807) is 6.07 Å². The lowest BCUT2D eigenvalue weighted by Gasteiger charge is -2.39. The standard InChI is InChI=1S/C13H18N4O3S/c14-9-5-11(7-12(6-9)21(15,19)20)16-3-4-17-10(8-16)1-2-13(17)18/h5-7,10H,1-4,8,14H2,(H2,15,19,20). The first-order valence-electron chi connectivity index (χ1n) is 6.82. The molecule has 0 aliphatic carbocycles. The summed E-state index contributed by atoms with van der Waals surface area (Å²) < 4.78 is 23.0. The van der Waals surface area contributed by atoms with Crippen LogP contribution >= 0.6 is 0 Å². The first-order chi connectivity index (χ1) is 9.84. The van der Waals surface area contributed by atoms with Crippen LogP contribution in [-0.2, 0) is 14.8 Å². The van der Waals surface area contributed by atoms with Crippen molar-refractivity contribution in [2.24, 2.45) is 5.14 Å². The van der Waals surface area contributed by atoms with Crippen LogP contribution in [0.3, 0.4) is 0 Å². The van der Waals surface area contributed by atoms with E-state index < -0.39 is 10.0 Å². The van der Waals surface area contributed by atoms with Gasteiger partial charge >= 0.3 is 0 Å². The van der Waals surface area contributed by atoms with Crippen LogP contribution in [0.25, 0.3) is 0 Å². The van der Waals surface area contributed by atoms with Crippen molar-refractivity contribution in [3.8, 4) is 0 Å². The smallest absolute Gasteiger partial charge is 0.238 e. The van der Waals surface area contributed by atoms with Gasteiger partial charge in [-0.2, -0.15) is 0 Å². The van der Waals surface area contributed by atoms with Gasteiger partial charge in [-0.05, 0) is 24.6 Å². The number of nitrogens with zero attached hydrogens (tertiary/aromatic N) is 2. The number of carbonyl (C=O) groups excluding carboxylic acids is 1. The average molecular weight is 310 g/mol. The minimum absolute atomic E-state index is 0.0161. The van der Waals surface area contributed by atoms with Gasteiger partial charge in [0.2, 0.25) is 15.9 Å². The van der Waals surface area contributed by atoms with Crippen LogP contribution in [0.2, 0.25) is 0 Å². The molecule has 2 saturated heterocycles. The van der Waals surface area contributed by atoms with Gasteiger partial charge < -0.3 is 15.5 Å². The third-order valence-corrected chi connectivity index (χ3v) is 4.99. The molecule has 7 nitrogen and oxygen atoms in total. The number of carbonyl (C=O) groups is 1.